The van der Waals surface area contributed by atoms with Gasteiger partial charge in [0.1, 0.15) is 5.82 Å². The summed E-state index contributed by atoms with van der Waals surface area (Å²) in [6.07, 6.45) is 0.901. The molecule has 1 aromatic carbocycles. The number of aromatic nitrogens is 1. The largest absolute Gasteiger partial charge is 0.366 e. The minimum atomic E-state index is 0.623. The Morgan fingerprint density at radius 2 is 1.90 bits per heavy atom. The molecule has 4 heteroatoms. The molecule has 4 nitrogen and oxygen atoms in total. The number of nitriles is 1. The maximum atomic E-state index is 8.94. The molecule has 0 radical (unpaired) electrons. The van der Waals surface area contributed by atoms with Crippen molar-refractivity contribution in [2.75, 3.05) is 11.9 Å². The number of hydrogen-bond acceptors (Lipinski definition) is 4. The van der Waals surface area contributed by atoms with Gasteiger partial charge in [0, 0.05) is 12.2 Å². The highest BCUT2D eigenvalue weighted by molar-refractivity contribution is 5.44. The molecule has 0 aliphatic rings. The van der Waals surface area contributed by atoms with Crippen molar-refractivity contribution >= 4 is 5.82 Å². The van der Waals surface area contributed by atoms with Crippen LogP contribution < -0.4 is 11.1 Å². The van der Waals surface area contributed by atoms with E-state index in [1.54, 1.807) is 12.1 Å². The van der Waals surface area contributed by atoms with Crippen LogP contribution in [0.15, 0.2) is 36.4 Å². The van der Waals surface area contributed by atoms with E-state index >= 15 is 0 Å². The van der Waals surface area contributed by atoms with E-state index in [-0.39, 0.29) is 0 Å². The Morgan fingerprint density at radius 3 is 2.55 bits per heavy atom. The lowest BCUT2D eigenvalue weighted by atomic mass is 10.1. The highest BCUT2D eigenvalue weighted by Gasteiger charge is 2.00. The van der Waals surface area contributed by atoms with Crippen molar-refractivity contribution in [1.29, 1.82) is 5.26 Å². The first-order valence-electron chi connectivity index (χ1n) is 6.62. The first-order valence-corrected chi connectivity index (χ1v) is 6.62. The lowest BCUT2D eigenvalue weighted by molar-refractivity contribution is 0.965. The van der Waals surface area contributed by atoms with Crippen molar-refractivity contribution in [3.63, 3.8) is 0 Å². The molecule has 0 aliphatic heterocycles. The molecule has 0 spiro atoms. The van der Waals surface area contributed by atoms with E-state index in [1.807, 2.05) is 6.92 Å². The number of rotatable bonds is 5. The Kier molecular flexibility index (Phi) is 4.70. The summed E-state index contributed by atoms with van der Waals surface area (Å²) < 4.78 is 0. The minimum absolute atomic E-state index is 0.623. The summed E-state index contributed by atoms with van der Waals surface area (Å²) in [5, 5.41) is 12.2. The Hall–Kier alpha value is -2.38. The lowest BCUT2D eigenvalue weighted by Gasteiger charge is -2.08. The van der Waals surface area contributed by atoms with Gasteiger partial charge in [-0.2, -0.15) is 5.26 Å². The number of pyridine rings is 1. The van der Waals surface area contributed by atoms with Crippen LogP contribution >= 0.6 is 0 Å². The first kappa shape index (κ1) is 14.0. The zero-order valence-corrected chi connectivity index (χ0v) is 11.6. The number of benzene rings is 1. The fourth-order valence-corrected chi connectivity index (χ4v) is 2.01. The second-order valence-electron chi connectivity index (χ2n) is 4.70. The van der Waals surface area contributed by atoms with Crippen LogP contribution in [0.4, 0.5) is 5.82 Å². The van der Waals surface area contributed by atoms with E-state index in [9.17, 15) is 0 Å². The predicted octanol–water partition coefficient (Wildman–Crippen LogP) is 2.38. The molecular formula is C16H18N4. The average Bonchev–Trinajstić information content (AvgIpc) is 2.46. The monoisotopic (exact) mass is 266 g/mol. The first-order chi connectivity index (χ1) is 9.71. The molecular weight excluding hydrogens is 248 g/mol. The highest BCUT2D eigenvalue weighted by Crippen LogP contribution is 2.11. The Labute approximate surface area is 119 Å². The third-order valence-corrected chi connectivity index (χ3v) is 3.01. The lowest BCUT2D eigenvalue weighted by Crippen LogP contribution is -2.04. The molecule has 0 saturated carbocycles. The van der Waals surface area contributed by atoms with Crippen LogP contribution in [0, 0.1) is 18.3 Å². The molecule has 1 aromatic heterocycles. The van der Waals surface area contributed by atoms with E-state index < -0.39 is 0 Å². The van der Waals surface area contributed by atoms with E-state index in [4.69, 9.17) is 11.0 Å². The molecule has 1 heterocycles. The van der Waals surface area contributed by atoms with Crippen LogP contribution in [-0.2, 0) is 13.0 Å². The van der Waals surface area contributed by atoms with Crippen molar-refractivity contribution in [3.8, 4) is 6.07 Å². The average molecular weight is 266 g/mol. The summed E-state index contributed by atoms with van der Waals surface area (Å²) in [4.78, 5) is 4.37. The maximum Gasteiger partial charge on any atom is 0.127 e. The van der Waals surface area contributed by atoms with Gasteiger partial charge in [-0.15, -0.1) is 0 Å². The standard InChI is InChI=1S/C16H18N4/c1-12-8-15(10-18)9-16(20-12)19-11-14-4-2-13(3-5-14)6-7-17/h2-5,8-9H,6-7,11,17H2,1H3,(H,19,20). The fourth-order valence-electron chi connectivity index (χ4n) is 2.01. The molecule has 102 valence electrons. The Bertz CT molecular complexity index is 611. The number of anilines is 1. The summed E-state index contributed by atoms with van der Waals surface area (Å²) in [6.45, 7) is 3.24. The topological polar surface area (TPSA) is 74.7 Å². The molecule has 2 aromatic rings. The normalized spacial score (nSPS) is 10.1. The van der Waals surface area contributed by atoms with Crippen molar-refractivity contribution in [1.82, 2.24) is 4.98 Å². The molecule has 0 fully saturated rings. The van der Waals surface area contributed by atoms with Crippen LogP contribution in [0.2, 0.25) is 0 Å². The highest BCUT2D eigenvalue weighted by atomic mass is 15.0. The van der Waals surface area contributed by atoms with Gasteiger partial charge in [0.05, 0.1) is 11.6 Å². The molecule has 0 unspecified atom stereocenters. The SMILES string of the molecule is Cc1cc(C#N)cc(NCc2ccc(CCN)cc2)n1. The number of nitrogens with zero attached hydrogens (tertiary/aromatic N) is 2. The summed E-state index contributed by atoms with van der Waals surface area (Å²) in [5.41, 5.74) is 9.41. The third kappa shape index (κ3) is 3.81. The number of nitrogens with one attached hydrogen (secondary N) is 1. The summed E-state index contributed by atoms with van der Waals surface area (Å²) in [6, 6.07) is 14.0. The van der Waals surface area contributed by atoms with Gasteiger partial charge in [-0.3, -0.25) is 0 Å². The number of nitrogens with two attached hydrogens (primary N) is 1. The van der Waals surface area contributed by atoms with Crippen LogP contribution in [0.5, 0.6) is 0 Å². The molecule has 20 heavy (non-hydrogen) atoms. The Morgan fingerprint density at radius 1 is 1.20 bits per heavy atom. The van der Waals surface area contributed by atoms with Crippen molar-refractivity contribution in [2.45, 2.75) is 19.9 Å². The van der Waals surface area contributed by atoms with Gasteiger partial charge in [-0.05, 0) is 43.1 Å². The second-order valence-corrected chi connectivity index (χ2v) is 4.70. The zero-order chi connectivity index (χ0) is 14.4. The quantitative estimate of drug-likeness (QED) is 0.871. The summed E-state index contributed by atoms with van der Waals surface area (Å²) in [5.74, 6) is 0.729. The van der Waals surface area contributed by atoms with Gasteiger partial charge >= 0.3 is 0 Å². The van der Waals surface area contributed by atoms with Crippen molar-refractivity contribution in [2.24, 2.45) is 5.73 Å². The van der Waals surface area contributed by atoms with Gasteiger partial charge in [0.15, 0.2) is 0 Å². The number of hydrogen-bond donors (Lipinski definition) is 2. The maximum absolute atomic E-state index is 8.94. The smallest absolute Gasteiger partial charge is 0.127 e. The minimum Gasteiger partial charge on any atom is -0.366 e. The van der Waals surface area contributed by atoms with Gasteiger partial charge in [0.25, 0.3) is 0 Å². The van der Waals surface area contributed by atoms with Crippen LogP contribution in [-0.4, -0.2) is 11.5 Å². The molecule has 0 amide bonds. The second kappa shape index (κ2) is 6.69. The van der Waals surface area contributed by atoms with E-state index in [0.29, 0.717) is 18.7 Å². The third-order valence-electron chi connectivity index (χ3n) is 3.01. The van der Waals surface area contributed by atoms with E-state index in [2.05, 4.69) is 40.6 Å². The van der Waals surface area contributed by atoms with E-state index in [0.717, 1.165) is 17.9 Å². The van der Waals surface area contributed by atoms with Crippen LogP contribution in [0.25, 0.3) is 0 Å². The predicted molar refractivity (Wildman–Crippen MR) is 80.2 cm³/mol. The zero-order valence-electron chi connectivity index (χ0n) is 11.6. The Balaban J connectivity index is 2.01. The van der Waals surface area contributed by atoms with Gasteiger partial charge in [-0.1, -0.05) is 24.3 Å². The fraction of sp³-hybridized carbons (Fsp3) is 0.250. The molecule has 2 rings (SSSR count). The molecule has 0 aliphatic carbocycles. The molecule has 0 bridgehead atoms. The van der Waals surface area contributed by atoms with Crippen LogP contribution in [0.1, 0.15) is 22.4 Å². The van der Waals surface area contributed by atoms with Crippen molar-refractivity contribution < 1.29 is 0 Å². The molecule has 0 saturated heterocycles. The number of aryl methyl sites for hydroxylation is 1. The van der Waals surface area contributed by atoms with Gasteiger partial charge in [-0.25, -0.2) is 4.98 Å². The van der Waals surface area contributed by atoms with Gasteiger partial charge in [0.2, 0.25) is 0 Å². The van der Waals surface area contributed by atoms with E-state index in [1.165, 1.54) is 11.1 Å². The summed E-state index contributed by atoms with van der Waals surface area (Å²) in [7, 11) is 0. The molecule has 3 N–H and O–H groups in total. The molecule has 0 atom stereocenters. The summed E-state index contributed by atoms with van der Waals surface area (Å²) >= 11 is 0. The van der Waals surface area contributed by atoms with Crippen molar-refractivity contribution in [3.05, 3.63) is 58.8 Å². The van der Waals surface area contributed by atoms with Gasteiger partial charge < -0.3 is 11.1 Å². The van der Waals surface area contributed by atoms with Crippen LogP contribution in [0.3, 0.4) is 0 Å².